The van der Waals surface area contributed by atoms with Crippen LogP contribution in [0.1, 0.15) is 0 Å². The summed E-state index contributed by atoms with van der Waals surface area (Å²) in [6.07, 6.45) is 1.79. The minimum Gasteiger partial charge on any atom is -0.249 e. The van der Waals surface area contributed by atoms with E-state index in [1.54, 1.807) is 6.20 Å². The molecule has 1 nitrogen and oxygen atoms in total. The molecule has 1 radical (unpaired) electrons. The van der Waals surface area contributed by atoms with E-state index in [0.717, 1.165) is 10.2 Å². The van der Waals surface area contributed by atoms with Gasteiger partial charge in [-0.05, 0) is 45.3 Å². The van der Waals surface area contributed by atoms with Gasteiger partial charge < -0.3 is 0 Å². The molecule has 1 aromatic carbocycles. The summed E-state index contributed by atoms with van der Waals surface area (Å²) in [6.45, 7) is 0. The number of aromatic nitrogens is 1. The Hall–Kier alpha value is -1.15. The van der Waals surface area contributed by atoms with Crippen LogP contribution in [-0.2, 0) is 0 Å². The monoisotopic (exact) mass is 232 g/mol. The van der Waals surface area contributed by atoms with Crippen LogP contribution in [0.3, 0.4) is 0 Å². The molecule has 63 valence electrons. The average molecular weight is 233 g/mol. The van der Waals surface area contributed by atoms with Crippen LogP contribution in [0.5, 0.6) is 0 Å². The fourth-order valence-corrected chi connectivity index (χ4v) is 1.53. The van der Waals surface area contributed by atoms with Crippen LogP contribution in [0.15, 0.2) is 47.2 Å². The van der Waals surface area contributed by atoms with E-state index >= 15 is 0 Å². The molecule has 0 aliphatic carbocycles. The molecule has 0 amide bonds. The summed E-state index contributed by atoms with van der Waals surface area (Å²) >= 11 is 3.34. The molecular weight excluding hydrogens is 226 g/mol. The van der Waals surface area contributed by atoms with E-state index in [1.807, 2.05) is 36.4 Å². The van der Waals surface area contributed by atoms with Crippen molar-refractivity contribution in [2.45, 2.75) is 0 Å². The third-order valence-corrected chi connectivity index (χ3v) is 2.21. The molecule has 0 aliphatic rings. The standard InChI is InChI=1S/C11H7BrN/c12-11-8-10(6-7-13-11)9-4-2-1-3-5-9/h2-8H. The summed E-state index contributed by atoms with van der Waals surface area (Å²) in [6, 6.07) is 14.8. The minimum atomic E-state index is 0.859. The molecular formula is C11H7BrN. The van der Waals surface area contributed by atoms with Gasteiger partial charge in [-0.3, -0.25) is 0 Å². The summed E-state index contributed by atoms with van der Waals surface area (Å²) in [7, 11) is 0. The lowest BCUT2D eigenvalue weighted by Gasteiger charge is -1.99. The molecule has 2 rings (SSSR count). The molecule has 1 heterocycles. The lowest BCUT2D eigenvalue weighted by Crippen LogP contribution is -1.79. The molecule has 0 N–H and O–H groups in total. The molecule has 0 atom stereocenters. The molecule has 0 saturated heterocycles. The Balaban J connectivity index is 2.48. The molecule has 2 heteroatoms. The Morgan fingerprint density at radius 2 is 1.85 bits per heavy atom. The van der Waals surface area contributed by atoms with Gasteiger partial charge >= 0.3 is 0 Å². The zero-order chi connectivity index (χ0) is 9.10. The quantitative estimate of drug-likeness (QED) is 0.688. The van der Waals surface area contributed by atoms with Crippen LogP contribution in [0.2, 0.25) is 0 Å². The van der Waals surface area contributed by atoms with Crippen molar-refractivity contribution < 1.29 is 0 Å². The molecule has 0 fully saturated rings. The number of hydrogen-bond donors (Lipinski definition) is 0. The topological polar surface area (TPSA) is 12.9 Å². The summed E-state index contributed by atoms with van der Waals surface area (Å²) in [5, 5.41) is 0. The Labute approximate surface area is 85.6 Å². The van der Waals surface area contributed by atoms with Crippen molar-refractivity contribution in [3.63, 3.8) is 0 Å². The molecule has 0 spiro atoms. The Bertz CT molecular complexity index is 398. The van der Waals surface area contributed by atoms with Gasteiger partial charge in [0.15, 0.2) is 0 Å². The van der Waals surface area contributed by atoms with Crippen LogP contribution < -0.4 is 0 Å². The van der Waals surface area contributed by atoms with Gasteiger partial charge in [0, 0.05) is 6.20 Å². The maximum atomic E-state index is 4.07. The van der Waals surface area contributed by atoms with E-state index in [2.05, 4.69) is 27.0 Å². The second-order valence-corrected chi connectivity index (χ2v) is 3.47. The van der Waals surface area contributed by atoms with Gasteiger partial charge in [0.05, 0.1) is 0 Å². The SMILES string of the molecule is Brc1cc(-c2cc[c]cc2)ccn1. The lowest BCUT2D eigenvalue weighted by molar-refractivity contribution is 1.28. The van der Waals surface area contributed by atoms with Crippen LogP contribution >= 0.6 is 15.9 Å². The van der Waals surface area contributed by atoms with Crippen molar-refractivity contribution in [3.05, 3.63) is 53.3 Å². The maximum Gasteiger partial charge on any atom is 0.106 e. The predicted molar refractivity (Wildman–Crippen MR) is 56.2 cm³/mol. The number of pyridine rings is 1. The third-order valence-electron chi connectivity index (χ3n) is 1.78. The van der Waals surface area contributed by atoms with Gasteiger partial charge in [0.1, 0.15) is 4.60 Å². The highest BCUT2D eigenvalue weighted by molar-refractivity contribution is 9.10. The summed E-state index contributed by atoms with van der Waals surface area (Å²) in [5.41, 5.74) is 2.35. The highest BCUT2D eigenvalue weighted by atomic mass is 79.9. The maximum absolute atomic E-state index is 4.07. The second-order valence-electron chi connectivity index (χ2n) is 2.66. The number of hydrogen-bond acceptors (Lipinski definition) is 1. The highest BCUT2D eigenvalue weighted by Gasteiger charge is 1.96. The van der Waals surface area contributed by atoms with Gasteiger partial charge in [0.2, 0.25) is 0 Å². The number of benzene rings is 1. The molecule has 0 bridgehead atoms. The van der Waals surface area contributed by atoms with E-state index in [-0.39, 0.29) is 0 Å². The van der Waals surface area contributed by atoms with Crippen molar-refractivity contribution >= 4 is 15.9 Å². The summed E-state index contributed by atoms with van der Waals surface area (Å²) in [4.78, 5) is 4.07. The van der Waals surface area contributed by atoms with Crippen molar-refractivity contribution in [1.29, 1.82) is 0 Å². The van der Waals surface area contributed by atoms with E-state index in [0.29, 0.717) is 0 Å². The predicted octanol–water partition coefficient (Wildman–Crippen LogP) is 3.31. The van der Waals surface area contributed by atoms with Crippen molar-refractivity contribution in [2.24, 2.45) is 0 Å². The van der Waals surface area contributed by atoms with Crippen LogP contribution in [0, 0.1) is 6.07 Å². The van der Waals surface area contributed by atoms with Crippen LogP contribution in [0.25, 0.3) is 11.1 Å². The molecule has 0 unspecified atom stereocenters. The summed E-state index contributed by atoms with van der Waals surface area (Å²) < 4.78 is 0.859. The Morgan fingerprint density at radius 3 is 2.54 bits per heavy atom. The first-order valence-electron chi connectivity index (χ1n) is 3.94. The Kier molecular flexibility index (Phi) is 2.41. The van der Waals surface area contributed by atoms with Crippen molar-refractivity contribution in [1.82, 2.24) is 4.98 Å². The van der Waals surface area contributed by atoms with Gasteiger partial charge in [-0.1, -0.05) is 24.3 Å². The van der Waals surface area contributed by atoms with E-state index < -0.39 is 0 Å². The fraction of sp³-hybridized carbons (Fsp3) is 0. The molecule has 2 aromatic rings. The van der Waals surface area contributed by atoms with Gasteiger partial charge in [-0.15, -0.1) is 0 Å². The molecule has 0 aliphatic heterocycles. The number of rotatable bonds is 1. The smallest absolute Gasteiger partial charge is 0.106 e. The van der Waals surface area contributed by atoms with Crippen LogP contribution in [-0.4, -0.2) is 4.98 Å². The molecule has 1 aromatic heterocycles. The third kappa shape index (κ3) is 1.95. The van der Waals surface area contributed by atoms with E-state index in [1.165, 1.54) is 5.56 Å². The lowest BCUT2D eigenvalue weighted by atomic mass is 10.1. The Morgan fingerprint density at radius 1 is 1.08 bits per heavy atom. The van der Waals surface area contributed by atoms with Gasteiger partial charge in [0.25, 0.3) is 0 Å². The van der Waals surface area contributed by atoms with Crippen molar-refractivity contribution in [2.75, 3.05) is 0 Å². The fourth-order valence-electron chi connectivity index (χ4n) is 1.16. The normalized spacial score (nSPS) is 9.92. The van der Waals surface area contributed by atoms with Crippen LogP contribution in [0.4, 0.5) is 0 Å². The first kappa shape index (κ1) is 8.45. The zero-order valence-electron chi connectivity index (χ0n) is 6.87. The number of nitrogens with zero attached hydrogens (tertiary/aromatic N) is 1. The average Bonchev–Trinajstić information content (AvgIpc) is 2.19. The van der Waals surface area contributed by atoms with Gasteiger partial charge in [-0.2, -0.15) is 0 Å². The van der Waals surface area contributed by atoms with Gasteiger partial charge in [-0.25, -0.2) is 4.98 Å². The largest absolute Gasteiger partial charge is 0.249 e. The summed E-state index contributed by atoms with van der Waals surface area (Å²) in [5.74, 6) is 0. The zero-order valence-corrected chi connectivity index (χ0v) is 8.45. The second kappa shape index (κ2) is 3.71. The number of halogens is 1. The first-order chi connectivity index (χ1) is 6.36. The molecule has 0 saturated carbocycles. The van der Waals surface area contributed by atoms with Crippen molar-refractivity contribution in [3.8, 4) is 11.1 Å². The van der Waals surface area contributed by atoms with E-state index in [9.17, 15) is 0 Å². The molecule has 13 heavy (non-hydrogen) atoms. The first-order valence-corrected chi connectivity index (χ1v) is 4.73. The van der Waals surface area contributed by atoms with E-state index in [4.69, 9.17) is 0 Å². The highest BCUT2D eigenvalue weighted by Crippen LogP contribution is 2.20. The minimum absolute atomic E-state index is 0.859.